The van der Waals surface area contributed by atoms with Gasteiger partial charge in [-0.15, -0.1) is 0 Å². The second-order valence-electron chi connectivity index (χ2n) is 4.19. The fourth-order valence-corrected chi connectivity index (χ4v) is 2.20. The number of hydrogen-bond donors (Lipinski definition) is 2. The molecule has 0 atom stereocenters. The number of anilines is 1. The zero-order chi connectivity index (χ0) is 15.6. The van der Waals surface area contributed by atoms with Crippen molar-refractivity contribution >= 4 is 21.6 Å². The van der Waals surface area contributed by atoms with Gasteiger partial charge in [0.25, 0.3) is 5.91 Å². The second kappa shape index (κ2) is 5.58. The number of benzene rings is 2. The Bertz CT molecular complexity index is 787. The first-order valence-corrected chi connectivity index (χ1v) is 7.20. The molecule has 2 rings (SSSR count). The number of nitrogens with one attached hydrogen (secondary N) is 1. The molecule has 5 nitrogen and oxygen atoms in total. The van der Waals surface area contributed by atoms with Crippen molar-refractivity contribution in [2.75, 3.05) is 5.32 Å². The minimum atomic E-state index is -3.91. The lowest BCUT2D eigenvalue weighted by atomic mass is 10.2. The van der Waals surface area contributed by atoms with E-state index in [-0.39, 0.29) is 16.1 Å². The average Bonchev–Trinajstić information content (AvgIpc) is 2.37. The Morgan fingerprint density at radius 2 is 1.67 bits per heavy atom. The first-order valence-electron chi connectivity index (χ1n) is 5.66. The molecule has 0 bridgehead atoms. The predicted octanol–water partition coefficient (Wildman–Crippen LogP) is 1.86. The lowest BCUT2D eigenvalue weighted by molar-refractivity contribution is 0.102. The molecule has 8 heteroatoms. The van der Waals surface area contributed by atoms with Crippen LogP contribution in [0.1, 0.15) is 10.4 Å². The van der Waals surface area contributed by atoms with Crippen LogP contribution in [0.5, 0.6) is 0 Å². The molecule has 0 unspecified atom stereocenters. The number of carbonyl (C=O) groups is 1. The van der Waals surface area contributed by atoms with Gasteiger partial charge in [0.15, 0.2) is 0 Å². The number of carbonyl (C=O) groups excluding carboxylic acids is 1. The average molecular weight is 312 g/mol. The van der Waals surface area contributed by atoms with Crippen LogP contribution in [-0.2, 0) is 10.0 Å². The highest BCUT2D eigenvalue weighted by Gasteiger charge is 2.12. The SMILES string of the molecule is NS(=O)(=O)c1cccc(NC(=O)c2cc(F)cc(F)c2)c1. The Morgan fingerprint density at radius 1 is 1.05 bits per heavy atom. The van der Waals surface area contributed by atoms with E-state index in [1.165, 1.54) is 18.2 Å². The zero-order valence-corrected chi connectivity index (χ0v) is 11.3. The van der Waals surface area contributed by atoms with Crippen molar-refractivity contribution in [1.29, 1.82) is 0 Å². The van der Waals surface area contributed by atoms with Crippen LogP contribution < -0.4 is 10.5 Å². The first kappa shape index (κ1) is 15.1. The summed E-state index contributed by atoms with van der Waals surface area (Å²) in [5, 5.41) is 7.30. The molecule has 0 aliphatic carbocycles. The quantitative estimate of drug-likeness (QED) is 0.906. The maximum atomic E-state index is 13.0. The summed E-state index contributed by atoms with van der Waals surface area (Å²) < 4.78 is 48.5. The molecule has 0 saturated carbocycles. The van der Waals surface area contributed by atoms with E-state index in [4.69, 9.17) is 5.14 Å². The molecule has 0 aliphatic heterocycles. The molecule has 2 aromatic rings. The molecular weight excluding hydrogens is 302 g/mol. The van der Waals surface area contributed by atoms with Crippen LogP contribution in [0.25, 0.3) is 0 Å². The highest BCUT2D eigenvalue weighted by Crippen LogP contribution is 2.16. The van der Waals surface area contributed by atoms with Crippen molar-refractivity contribution in [2.24, 2.45) is 5.14 Å². The van der Waals surface area contributed by atoms with Gasteiger partial charge in [0.1, 0.15) is 11.6 Å². The van der Waals surface area contributed by atoms with Gasteiger partial charge in [0, 0.05) is 17.3 Å². The van der Waals surface area contributed by atoms with Crippen molar-refractivity contribution in [2.45, 2.75) is 4.90 Å². The lowest BCUT2D eigenvalue weighted by Crippen LogP contribution is -2.15. The van der Waals surface area contributed by atoms with Crippen LogP contribution in [-0.4, -0.2) is 14.3 Å². The Labute approximate surface area is 119 Å². The second-order valence-corrected chi connectivity index (χ2v) is 5.75. The summed E-state index contributed by atoms with van der Waals surface area (Å²) >= 11 is 0. The third-order valence-electron chi connectivity index (χ3n) is 2.55. The molecule has 0 heterocycles. The normalized spacial score (nSPS) is 11.2. The molecule has 0 radical (unpaired) electrons. The zero-order valence-electron chi connectivity index (χ0n) is 10.5. The third-order valence-corrected chi connectivity index (χ3v) is 3.46. The number of hydrogen-bond acceptors (Lipinski definition) is 3. The van der Waals surface area contributed by atoms with Gasteiger partial charge in [-0.3, -0.25) is 4.79 Å². The van der Waals surface area contributed by atoms with E-state index in [0.29, 0.717) is 6.07 Å². The van der Waals surface area contributed by atoms with Crippen LogP contribution in [0.15, 0.2) is 47.4 Å². The molecular formula is C13H10F2N2O3S. The maximum Gasteiger partial charge on any atom is 0.255 e. The van der Waals surface area contributed by atoms with Gasteiger partial charge in [0.2, 0.25) is 10.0 Å². The molecule has 21 heavy (non-hydrogen) atoms. The number of amides is 1. The Kier molecular flexibility index (Phi) is 4.01. The molecule has 0 aromatic heterocycles. The number of rotatable bonds is 3. The molecule has 0 spiro atoms. The standard InChI is InChI=1S/C13H10F2N2O3S/c14-9-4-8(5-10(15)6-9)13(18)17-11-2-1-3-12(7-11)21(16,19)20/h1-7H,(H,17,18)(H2,16,19,20). The molecule has 3 N–H and O–H groups in total. The van der Waals surface area contributed by atoms with Crippen LogP contribution in [0, 0.1) is 11.6 Å². The van der Waals surface area contributed by atoms with Gasteiger partial charge in [-0.1, -0.05) is 6.07 Å². The van der Waals surface area contributed by atoms with Crippen LogP contribution in [0.4, 0.5) is 14.5 Å². The largest absolute Gasteiger partial charge is 0.322 e. The van der Waals surface area contributed by atoms with Gasteiger partial charge in [-0.25, -0.2) is 22.3 Å². The van der Waals surface area contributed by atoms with Gasteiger partial charge in [0.05, 0.1) is 4.90 Å². The van der Waals surface area contributed by atoms with Crippen molar-refractivity contribution < 1.29 is 22.0 Å². The molecule has 110 valence electrons. The van der Waals surface area contributed by atoms with Crippen LogP contribution in [0.3, 0.4) is 0 Å². The summed E-state index contributed by atoms with van der Waals surface area (Å²) in [7, 11) is -3.91. The topological polar surface area (TPSA) is 89.3 Å². The summed E-state index contributed by atoms with van der Waals surface area (Å²) in [6.07, 6.45) is 0. The molecule has 0 saturated heterocycles. The number of nitrogens with two attached hydrogens (primary N) is 1. The van der Waals surface area contributed by atoms with E-state index in [0.717, 1.165) is 18.2 Å². The fraction of sp³-hybridized carbons (Fsp3) is 0. The minimum absolute atomic E-state index is 0.135. The van der Waals surface area contributed by atoms with Crippen molar-refractivity contribution in [3.05, 3.63) is 59.7 Å². The Balaban J connectivity index is 2.28. The molecule has 1 amide bonds. The van der Waals surface area contributed by atoms with E-state index in [1.807, 2.05) is 0 Å². The predicted molar refractivity (Wildman–Crippen MR) is 72.1 cm³/mol. The molecule has 0 fully saturated rings. The highest BCUT2D eigenvalue weighted by molar-refractivity contribution is 7.89. The number of sulfonamides is 1. The number of halogens is 2. The molecule has 2 aromatic carbocycles. The van der Waals surface area contributed by atoms with E-state index in [9.17, 15) is 22.0 Å². The fourth-order valence-electron chi connectivity index (χ4n) is 1.64. The van der Waals surface area contributed by atoms with E-state index in [1.54, 1.807) is 0 Å². The van der Waals surface area contributed by atoms with E-state index < -0.39 is 27.6 Å². The van der Waals surface area contributed by atoms with Gasteiger partial charge >= 0.3 is 0 Å². The number of primary sulfonamides is 1. The third kappa shape index (κ3) is 3.83. The van der Waals surface area contributed by atoms with E-state index >= 15 is 0 Å². The van der Waals surface area contributed by atoms with Crippen molar-refractivity contribution in [3.63, 3.8) is 0 Å². The smallest absolute Gasteiger partial charge is 0.255 e. The molecule has 0 aliphatic rings. The van der Waals surface area contributed by atoms with Gasteiger partial charge < -0.3 is 5.32 Å². The highest BCUT2D eigenvalue weighted by atomic mass is 32.2. The van der Waals surface area contributed by atoms with Crippen LogP contribution >= 0.6 is 0 Å². The summed E-state index contributed by atoms with van der Waals surface area (Å²) in [6, 6.07) is 7.56. The minimum Gasteiger partial charge on any atom is -0.322 e. The summed E-state index contributed by atoms with van der Waals surface area (Å²) in [6.45, 7) is 0. The Morgan fingerprint density at radius 3 is 2.24 bits per heavy atom. The summed E-state index contributed by atoms with van der Waals surface area (Å²) in [4.78, 5) is 11.7. The summed E-state index contributed by atoms with van der Waals surface area (Å²) in [5.41, 5.74) is -0.0929. The lowest BCUT2D eigenvalue weighted by Gasteiger charge is -2.07. The Hall–Kier alpha value is -2.32. The van der Waals surface area contributed by atoms with Gasteiger partial charge in [-0.2, -0.15) is 0 Å². The van der Waals surface area contributed by atoms with E-state index in [2.05, 4.69) is 5.32 Å². The van der Waals surface area contributed by atoms with Gasteiger partial charge in [-0.05, 0) is 30.3 Å². The van der Waals surface area contributed by atoms with Crippen LogP contribution in [0.2, 0.25) is 0 Å². The van der Waals surface area contributed by atoms with Crippen molar-refractivity contribution in [1.82, 2.24) is 0 Å². The maximum absolute atomic E-state index is 13.0. The first-order chi connectivity index (χ1) is 9.75. The monoisotopic (exact) mass is 312 g/mol. The van der Waals surface area contributed by atoms with Crippen molar-refractivity contribution in [3.8, 4) is 0 Å². The summed E-state index contributed by atoms with van der Waals surface area (Å²) in [5.74, 6) is -2.56.